The summed E-state index contributed by atoms with van der Waals surface area (Å²) in [7, 11) is 1.77. The van der Waals surface area contributed by atoms with Gasteiger partial charge in [0.1, 0.15) is 11.9 Å². The van der Waals surface area contributed by atoms with Crippen LogP contribution in [0.2, 0.25) is 0 Å². The quantitative estimate of drug-likeness (QED) is 0.111. The highest BCUT2D eigenvalue weighted by Gasteiger charge is 2.36. The molecule has 0 spiro atoms. The van der Waals surface area contributed by atoms with Gasteiger partial charge in [0, 0.05) is 106 Å². The Morgan fingerprint density at radius 2 is 1.78 bits per heavy atom. The van der Waals surface area contributed by atoms with Crippen LogP contribution in [0, 0.1) is 6.92 Å². The molecule has 1 unspecified atom stereocenters. The van der Waals surface area contributed by atoms with Crippen LogP contribution in [0.3, 0.4) is 0 Å². The number of nitrogens with one attached hydrogen (secondary N) is 2. The van der Waals surface area contributed by atoms with Crippen LogP contribution in [0.25, 0.3) is 22.0 Å². The van der Waals surface area contributed by atoms with Crippen molar-refractivity contribution in [1.82, 2.24) is 44.2 Å². The summed E-state index contributed by atoms with van der Waals surface area (Å²) in [6.07, 6.45) is 7.45. The fourth-order valence-corrected chi connectivity index (χ4v) is 10.2. The maximum absolute atomic E-state index is 14.7. The summed E-state index contributed by atoms with van der Waals surface area (Å²) >= 11 is 0. The van der Waals surface area contributed by atoms with E-state index in [2.05, 4.69) is 30.3 Å². The second kappa shape index (κ2) is 18.2. The lowest BCUT2D eigenvalue weighted by atomic mass is 9.92. The fraction of sp³-hybridized carbons (Fsp3) is 0.489. The monoisotopic (exact) mass is 891 g/mol. The fourth-order valence-electron chi connectivity index (χ4n) is 10.2. The van der Waals surface area contributed by atoms with E-state index in [1.807, 2.05) is 28.0 Å². The Bertz CT molecular complexity index is 2740. The minimum Gasteiger partial charge on any atom is -0.384 e. The standard InChI is InChI=1S/C47H55F2N11O5/c1-28-52-37-11-7-10-36(43(37)47(65)59(28)39-13-14-41(62)53-46(39)64)50-18-6-4-5-12-42(63)56-20-15-32(16-21-56)60-38-17-22-57(29(2)61)27-35(38)45(54-60)58-19-8-9-30-23-33(31-25-51-55(3)26-31)34(44(48)49)24-40(30)58/h7,10-11,23-26,32,39,44,50H,4-6,8-9,12-22,27H2,1-3H3,(H,53,62,64). The van der Waals surface area contributed by atoms with Gasteiger partial charge in [-0.15, -0.1) is 0 Å². The lowest BCUT2D eigenvalue weighted by molar-refractivity contribution is -0.136. The van der Waals surface area contributed by atoms with E-state index in [1.165, 1.54) is 4.57 Å². The number of imide groups is 1. The number of piperidine rings is 2. The van der Waals surface area contributed by atoms with E-state index < -0.39 is 18.4 Å². The van der Waals surface area contributed by atoms with Crippen molar-refractivity contribution >= 4 is 51.7 Å². The van der Waals surface area contributed by atoms with Crippen molar-refractivity contribution in [3.05, 3.63) is 81.3 Å². The van der Waals surface area contributed by atoms with E-state index in [4.69, 9.17) is 5.10 Å². The van der Waals surface area contributed by atoms with Crippen LogP contribution in [0.1, 0.15) is 111 Å². The van der Waals surface area contributed by atoms with Crippen molar-refractivity contribution in [3.63, 3.8) is 0 Å². The summed E-state index contributed by atoms with van der Waals surface area (Å²) in [5, 5.41) is 15.6. The molecule has 0 aliphatic carbocycles. The molecule has 2 N–H and O–H groups in total. The first kappa shape index (κ1) is 43.8. The molecule has 2 saturated heterocycles. The molecule has 342 valence electrons. The van der Waals surface area contributed by atoms with Gasteiger partial charge in [-0.3, -0.25) is 43.2 Å². The van der Waals surface area contributed by atoms with Crippen LogP contribution in [-0.2, 0) is 45.6 Å². The number of benzene rings is 2. The molecule has 18 heteroatoms. The smallest absolute Gasteiger partial charge is 0.264 e. The number of alkyl halides is 2. The third-order valence-electron chi connectivity index (χ3n) is 13.6. The molecule has 5 aromatic rings. The SMILES string of the molecule is CC(=O)N1CCc2c(c(N3CCCc4cc(-c5cnn(C)c5)c(C(F)F)cc43)nn2C2CCN(C(=O)CCCCCNc3cccc4nc(C)n(C5CCC(=O)NC5=O)c(=O)c34)CC2)C1. The minimum absolute atomic E-state index is 0.0193. The molecule has 0 radical (unpaired) electrons. The van der Waals surface area contributed by atoms with E-state index in [-0.39, 0.29) is 47.7 Å². The number of aryl methyl sites for hydroxylation is 3. The number of hydrogen-bond donors (Lipinski definition) is 2. The Hall–Kier alpha value is -6.46. The molecule has 65 heavy (non-hydrogen) atoms. The molecule has 3 aromatic heterocycles. The number of nitrogens with zero attached hydrogens (tertiary/aromatic N) is 9. The van der Waals surface area contributed by atoms with Crippen molar-refractivity contribution in [2.24, 2.45) is 7.05 Å². The second-order valence-corrected chi connectivity index (χ2v) is 17.8. The maximum Gasteiger partial charge on any atom is 0.264 e. The summed E-state index contributed by atoms with van der Waals surface area (Å²) in [5.41, 5.74) is 5.62. The number of aromatic nitrogens is 6. The molecule has 2 fully saturated rings. The number of carbonyl (C=O) groups is 4. The van der Waals surface area contributed by atoms with Gasteiger partial charge in [-0.1, -0.05) is 12.5 Å². The Morgan fingerprint density at radius 1 is 0.969 bits per heavy atom. The summed E-state index contributed by atoms with van der Waals surface area (Å²) in [5.74, 6) is 0.368. The predicted octanol–water partition coefficient (Wildman–Crippen LogP) is 6.04. The summed E-state index contributed by atoms with van der Waals surface area (Å²) in [6, 6.07) is 8.16. The molecule has 0 bridgehead atoms. The number of carbonyl (C=O) groups excluding carboxylic acids is 4. The molecule has 7 heterocycles. The maximum atomic E-state index is 14.7. The first-order valence-corrected chi connectivity index (χ1v) is 22.8. The Labute approximate surface area is 374 Å². The topological polar surface area (TPSA) is 173 Å². The molecular formula is C47H55F2N11O5. The highest BCUT2D eigenvalue weighted by Crippen LogP contribution is 2.44. The molecule has 4 aliphatic heterocycles. The van der Waals surface area contributed by atoms with Crippen LogP contribution in [-0.4, -0.2) is 95.3 Å². The molecular weight excluding hydrogens is 837 g/mol. The number of amides is 4. The number of anilines is 3. The van der Waals surface area contributed by atoms with Gasteiger partial charge in [0.25, 0.3) is 12.0 Å². The van der Waals surface area contributed by atoms with Crippen LogP contribution in [0.15, 0.2) is 47.5 Å². The van der Waals surface area contributed by atoms with E-state index in [0.717, 1.165) is 67.5 Å². The lowest BCUT2D eigenvalue weighted by Crippen LogP contribution is -2.45. The first-order valence-electron chi connectivity index (χ1n) is 22.8. The Balaban J connectivity index is 0.830. The van der Waals surface area contributed by atoms with Crippen molar-refractivity contribution in [2.45, 2.75) is 110 Å². The number of halogens is 2. The molecule has 9 rings (SSSR count). The van der Waals surface area contributed by atoms with Crippen LogP contribution in [0.5, 0.6) is 0 Å². The van der Waals surface area contributed by atoms with Crippen molar-refractivity contribution in [2.75, 3.05) is 42.9 Å². The van der Waals surface area contributed by atoms with E-state index >= 15 is 0 Å². The highest BCUT2D eigenvalue weighted by molar-refractivity contribution is 6.00. The van der Waals surface area contributed by atoms with Crippen LogP contribution < -0.4 is 21.1 Å². The largest absolute Gasteiger partial charge is 0.384 e. The molecule has 4 amide bonds. The average Bonchev–Trinajstić information content (AvgIpc) is 3.90. The minimum atomic E-state index is -2.69. The van der Waals surface area contributed by atoms with Gasteiger partial charge in [-0.05, 0) is 87.3 Å². The predicted molar refractivity (Wildman–Crippen MR) is 240 cm³/mol. The Kier molecular flexibility index (Phi) is 12.3. The number of rotatable bonds is 12. The van der Waals surface area contributed by atoms with Crippen molar-refractivity contribution in [1.29, 1.82) is 0 Å². The van der Waals surface area contributed by atoms with E-state index in [9.17, 15) is 32.8 Å². The zero-order valence-electron chi connectivity index (χ0n) is 37.1. The number of unbranched alkanes of at least 4 members (excludes halogenated alkanes) is 2. The number of hydrogen-bond acceptors (Lipinski definition) is 10. The zero-order valence-corrected chi connectivity index (χ0v) is 37.1. The van der Waals surface area contributed by atoms with Crippen LogP contribution in [0.4, 0.5) is 26.0 Å². The van der Waals surface area contributed by atoms with Gasteiger partial charge in [-0.25, -0.2) is 13.8 Å². The third kappa shape index (κ3) is 8.61. The molecule has 1 atom stereocenters. The van der Waals surface area contributed by atoms with Gasteiger partial charge in [0.2, 0.25) is 23.6 Å². The number of likely N-dealkylation sites (tertiary alicyclic amines) is 1. The summed E-state index contributed by atoms with van der Waals surface area (Å²) in [6.45, 7) is 6.62. The van der Waals surface area contributed by atoms with Gasteiger partial charge < -0.3 is 20.0 Å². The van der Waals surface area contributed by atoms with Crippen LogP contribution >= 0.6 is 0 Å². The van der Waals surface area contributed by atoms with Gasteiger partial charge in [0.05, 0.1) is 29.7 Å². The van der Waals surface area contributed by atoms with E-state index in [0.29, 0.717) is 91.5 Å². The Morgan fingerprint density at radius 3 is 2.52 bits per heavy atom. The third-order valence-corrected chi connectivity index (χ3v) is 13.6. The first-order chi connectivity index (χ1) is 31.4. The highest BCUT2D eigenvalue weighted by atomic mass is 19.3. The van der Waals surface area contributed by atoms with Gasteiger partial charge >= 0.3 is 0 Å². The molecule has 16 nitrogen and oxygen atoms in total. The number of fused-ring (bicyclic) bond motifs is 3. The zero-order chi connectivity index (χ0) is 45.5. The van der Waals surface area contributed by atoms with Crippen molar-refractivity contribution in [3.8, 4) is 11.1 Å². The second-order valence-electron chi connectivity index (χ2n) is 17.8. The molecule has 2 aromatic carbocycles. The lowest BCUT2D eigenvalue weighted by Gasteiger charge is -2.34. The normalized spacial score (nSPS) is 18.0. The van der Waals surface area contributed by atoms with Gasteiger partial charge in [0.15, 0.2) is 5.82 Å². The molecule has 4 aliphatic rings. The summed E-state index contributed by atoms with van der Waals surface area (Å²) in [4.78, 5) is 74.7. The molecule has 0 saturated carbocycles. The van der Waals surface area contributed by atoms with E-state index in [1.54, 1.807) is 50.1 Å². The van der Waals surface area contributed by atoms with Crippen molar-refractivity contribution < 1.29 is 28.0 Å². The summed E-state index contributed by atoms with van der Waals surface area (Å²) < 4.78 is 34.5. The van der Waals surface area contributed by atoms with Gasteiger partial charge in [-0.2, -0.15) is 10.2 Å². The average molecular weight is 892 g/mol.